The number of H-pyrrole nitrogens is 1. The molecule has 0 fully saturated rings. The van der Waals surface area contributed by atoms with Crippen molar-refractivity contribution in [2.75, 3.05) is 7.11 Å². The van der Waals surface area contributed by atoms with Crippen LogP contribution in [0.15, 0.2) is 24.3 Å². The van der Waals surface area contributed by atoms with Crippen molar-refractivity contribution >= 4 is 17.1 Å². The minimum atomic E-state index is 0.0772. The molecule has 0 atom stereocenters. The van der Waals surface area contributed by atoms with Crippen LogP contribution in [0.3, 0.4) is 0 Å². The second-order valence-electron chi connectivity index (χ2n) is 5.84. The second kappa shape index (κ2) is 6.24. The topological polar surface area (TPSA) is 55.0 Å². The van der Waals surface area contributed by atoms with E-state index in [2.05, 4.69) is 11.9 Å². The number of Topliss-reactive ketones (excluding diaryl/α,β-unsaturated/α-hetero) is 1. The molecule has 4 nitrogen and oxygen atoms in total. The highest BCUT2D eigenvalue weighted by molar-refractivity contribution is 7.15. The summed E-state index contributed by atoms with van der Waals surface area (Å²) in [6.45, 7) is 7.56. The van der Waals surface area contributed by atoms with Gasteiger partial charge in [-0.05, 0) is 45.4 Å². The molecule has 3 rings (SSSR count). The number of aryl methyl sites for hydroxylation is 2. The molecule has 0 spiro atoms. The molecule has 124 valence electrons. The van der Waals surface area contributed by atoms with Crippen molar-refractivity contribution < 1.29 is 9.53 Å². The zero-order valence-electron chi connectivity index (χ0n) is 14.5. The number of ether oxygens (including phenoxy) is 1. The first-order valence-corrected chi connectivity index (χ1v) is 8.56. The molecule has 0 saturated carbocycles. The van der Waals surface area contributed by atoms with Gasteiger partial charge in [0.15, 0.2) is 5.78 Å². The zero-order valence-corrected chi connectivity index (χ0v) is 15.3. The van der Waals surface area contributed by atoms with E-state index in [1.54, 1.807) is 25.4 Å². The van der Waals surface area contributed by atoms with Crippen LogP contribution < -0.4 is 4.74 Å². The van der Waals surface area contributed by atoms with Crippen LogP contribution in [0.1, 0.15) is 33.4 Å². The number of benzene rings is 1. The summed E-state index contributed by atoms with van der Waals surface area (Å²) in [5, 5.41) is 0.942. The van der Waals surface area contributed by atoms with E-state index in [1.165, 1.54) is 0 Å². The molecule has 5 heteroatoms. The highest BCUT2D eigenvalue weighted by atomic mass is 32.1. The smallest absolute Gasteiger partial charge is 0.161 e. The molecule has 0 aliphatic carbocycles. The molecule has 0 amide bonds. The van der Waals surface area contributed by atoms with E-state index in [0.29, 0.717) is 0 Å². The van der Waals surface area contributed by atoms with E-state index < -0.39 is 0 Å². The Hall–Kier alpha value is -2.40. The fourth-order valence-electron chi connectivity index (χ4n) is 3.02. The number of aromatic nitrogens is 2. The van der Waals surface area contributed by atoms with Gasteiger partial charge in [-0.1, -0.05) is 12.1 Å². The van der Waals surface area contributed by atoms with Gasteiger partial charge in [-0.25, -0.2) is 4.98 Å². The average molecular weight is 340 g/mol. The number of nitrogens with zero attached hydrogens (tertiary/aromatic N) is 1. The van der Waals surface area contributed by atoms with Crippen molar-refractivity contribution in [3.63, 3.8) is 0 Å². The van der Waals surface area contributed by atoms with Crippen molar-refractivity contribution in [1.82, 2.24) is 9.97 Å². The normalized spacial score (nSPS) is 10.9. The second-order valence-corrected chi connectivity index (χ2v) is 7.04. The zero-order chi connectivity index (χ0) is 17.4. The molecule has 0 aliphatic rings. The molecule has 1 aromatic carbocycles. The molecule has 0 radical (unpaired) electrons. The van der Waals surface area contributed by atoms with Crippen LogP contribution in [0.4, 0.5) is 0 Å². The fraction of sp³-hybridized carbons (Fsp3) is 0.263. The number of thiazole rings is 1. The summed E-state index contributed by atoms with van der Waals surface area (Å²) in [6, 6.07) is 7.89. The van der Waals surface area contributed by atoms with Gasteiger partial charge >= 0.3 is 0 Å². The predicted octanol–water partition coefficient (Wildman–Crippen LogP) is 4.94. The molecule has 3 aromatic rings. The van der Waals surface area contributed by atoms with Gasteiger partial charge in [-0.15, -0.1) is 11.3 Å². The van der Waals surface area contributed by atoms with Crippen molar-refractivity contribution in [1.29, 1.82) is 0 Å². The number of ketones is 1. The molecule has 2 aromatic heterocycles. The van der Waals surface area contributed by atoms with E-state index >= 15 is 0 Å². The van der Waals surface area contributed by atoms with Gasteiger partial charge in [0.25, 0.3) is 0 Å². The monoisotopic (exact) mass is 340 g/mol. The Morgan fingerprint density at radius 3 is 2.62 bits per heavy atom. The lowest BCUT2D eigenvalue weighted by molar-refractivity contribution is 0.101. The third-order valence-electron chi connectivity index (χ3n) is 4.14. The molecular weight excluding hydrogens is 320 g/mol. The highest BCUT2D eigenvalue weighted by Crippen LogP contribution is 2.36. The third-order valence-corrected chi connectivity index (χ3v) is 5.16. The number of nitrogens with one attached hydrogen (secondary N) is 1. The molecule has 0 saturated heterocycles. The number of rotatable bonds is 4. The van der Waals surface area contributed by atoms with Gasteiger partial charge in [0.05, 0.1) is 12.8 Å². The van der Waals surface area contributed by atoms with E-state index in [0.717, 1.165) is 49.4 Å². The summed E-state index contributed by atoms with van der Waals surface area (Å²) in [6.07, 6.45) is 0. The van der Waals surface area contributed by atoms with Crippen LogP contribution in [-0.2, 0) is 0 Å². The number of aromatic amines is 1. The molecule has 2 heterocycles. The summed E-state index contributed by atoms with van der Waals surface area (Å²) in [7, 11) is 1.66. The average Bonchev–Trinajstić information content (AvgIpc) is 3.07. The van der Waals surface area contributed by atoms with Crippen LogP contribution in [0, 0.1) is 20.8 Å². The summed E-state index contributed by atoms with van der Waals surface area (Å²) < 4.78 is 5.30. The van der Waals surface area contributed by atoms with Crippen LogP contribution in [0.2, 0.25) is 0 Å². The van der Waals surface area contributed by atoms with Gasteiger partial charge in [-0.3, -0.25) is 4.79 Å². The quantitative estimate of drug-likeness (QED) is 0.684. The minimum absolute atomic E-state index is 0.0772. The molecule has 0 unspecified atom stereocenters. The molecule has 24 heavy (non-hydrogen) atoms. The largest absolute Gasteiger partial charge is 0.497 e. The van der Waals surface area contributed by atoms with E-state index in [1.807, 2.05) is 38.1 Å². The highest BCUT2D eigenvalue weighted by Gasteiger charge is 2.20. The van der Waals surface area contributed by atoms with Crippen molar-refractivity contribution in [2.24, 2.45) is 0 Å². The fourth-order valence-corrected chi connectivity index (χ4v) is 3.94. The van der Waals surface area contributed by atoms with Crippen molar-refractivity contribution in [2.45, 2.75) is 27.7 Å². The Morgan fingerprint density at radius 2 is 2.00 bits per heavy atom. The Labute approximate surface area is 145 Å². The van der Waals surface area contributed by atoms with E-state index in [4.69, 9.17) is 9.72 Å². The Balaban J connectivity index is 2.10. The first kappa shape index (κ1) is 16.5. The van der Waals surface area contributed by atoms with Gasteiger partial charge in [0.1, 0.15) is 16.5 Å². The van der Waals surface area contributed by atoms with Gasteiger partial charge < -0.3 is 9.72 Å². The molecule has 0 bridgehead atoms. The Morgan fingerprint density at radius 1 is 1.25 bits per heavy atom. The first-order chi connectivity index (χ1) is 11.4. The maximum Gasteiger partial charge on any atom is 0.161 e. The van der Waals surface area contributed by atoms with E-state index in [-0.39, 0.29) is 5.78 Å². The lowest BCUT2D eigenvalue weighted by Gasteiger charge is -2.01. The van der Waals surface area contributed by atoms with Gasteiger partial charge in [0, 0.05) is 21.7 Å². The van der Waals surface area contributed by atoms with Crippen molar-refractivity contribution in [3.8, 4) is 27.7 Å². The number of carbonyl (C=O) groups is 1. The SMILES string of the molecule is COc1cccc(-c2nc(-c3[nH]c(C)c(C(C)=O)c3C)c(C)s2)c1. The number of hydrogen-bond donors (Lipinski definition) is 1. The van der Waals surface area contributed by atoms with Gasteiger partial charge in [0.2, 0.25) is 0 Å². The van der Waals surface area contributed by atoms with Gasteiger partial charge in [-0.2, -0.15) is 0 Å². The minimum Gasteiger partial charge on any atom is -0.497 e. The summed E-state index contributed by atoms with van der Waals surface area (Å²) >= 11 is 1.64. The van der Waals surface area contributed by atoms with Crippen LogP contribution >= 0.6 is 11.3 Å². The Bertz CT molecular complexity index is 922. The molecule has 1 N–H and O–H groups in total. The summed E-state index contributed by atoms with van der Waals surface area (Å²) in [5.74, 6) is 0.890. The standard InChI is InChI=1S/C19H20N2O2S/c1-10-16(12(3)22)11(2)20-17(10)18-13(4)24-19(21-18)14-7-6-8-15(9-14)23-5/h6-9,20H,1-5H3. The van der Waals surface area contributed by atoms with Crippen molar-refractivity contribution in [3.05, 3.63) is 46.0 Å². The van der Waals surface area contributed by atoms with Crippen LogP contribution in [0.25, 0.3) is 22.0 Å². The summed E-state index contributed by atoms with van der Waals surface area (Å²) in [5.41, 5.74) is 5.49. The van der Waals surface area contributed by atoms with Crippen LogP contribution in [-0.4, -0.2) is 22.9 Å². The first-order valence-electron chi connectivity index (χ1n) is 7.74. The Kier molecular flexibility index (Phi) is 4.28. The maximum atomic E-state index is 11.9. The van der Waals surface area contributed by atoms with Crippen LogP contribution in [0.5, 0.6) is 5.75 Å². The number of carbonyl (C=O) groups excluding carboxylic acids is 1. The molecule has 0 aliphatic heterocycles. The van der Waals surface area contributed by atoms with E-state index in [9.17, 15) is 4.79 Å². The number of hydrogen-bond acceptors (Lipinski definition) is 4. The lowest BCUT2D eigenvalue weighted by atomic mass is 10.1. The number of methoxy groups -OCH3 is 1. The predicted molar refractivity (Wildman–Crippen MR) is 98.1 cm³/mol. The maximum absolute atomic E-state index is 11.9. The lowest BCUT2D eigenvalue weighted by Crippen LogP contribution is -1.95. The third kappa shape index (κ3) is 2.76. The summed E-state index contributed by atoms with van der Waals surface area (Å²) in [4.78, 5) is 21.1. The molecular formula is C19H20N2O2S.